The van der Waals surface area contributed by atoms with Crippen molar-refractivity contribution in [3.8, 4) is 0 Å². The van der Waals surface area contributed by atoms with E-state index in [0.29, 0.717) is 10.8 Å². The number of carboxylic acids is 2. The van der Waals surface area contributed by atoms with Crippen molar-refractivity contribution in [1.29, 1.82) is 0 Å². The molecule has 0 unspecified atom stereocenters. The van der Waals surface area contributed by atoms with E-state index in [-0.39, 0.29) is 11.1 Å². The van der Waals surface area contributed by atoms with Crippen molar-refractivity contribution in [2.24, 2.45) is 0 Å². The minimum absolute atomic E-state index is 0.160. The summed E-state index contributed by atoms with van der Waals surface area (Å²) in [6.45, 7) is 0. The Balaban J connectivity index is 2.69. The van der Waals surface area contributed by atoms with Crippen molar-refractivity contribution in [3.05, 3.63) is 59.7 Å². The number of aromatic carboxylic acids is 2. The van der Waals surface area contributed by atoms with E-state index in [1.807, 2.05) is 0 Å². The molecule has 20 heavy (non-hydrogen) atoms. The van der Waals surface area contributed by atoms with Gasteiger partial charge in [-0.25, -0.2) is 9.59 Å². The monoisotopic (exact) mass is 266 g/mol. The highest BCUT2D eigenvalue weighted by atomic mass is 16.4. The van der Waals surface area contributed by atoms with Crippen molar-refractivity contribution >= 4 is 33.5 Å². The Bertz CT molecular complexity index is 792. The Kier molecular flexibility index (Phi) is 2.64. The van der Waals surface area contributed by atoms with Crippen LogP contribution in [0.15, 0.2) is 48.5 Å². The predicted molar refractivity (Wildman–Crippen MR) is 75.4 cm³/mol. The third kappa shape index (κ3) is 1.62. The van der Waals surface area contributed by atoms with Gasteiger partial charge < -0.3 is 10.2 Å². The smallest absolute Gasteiger partial charge is 0.337 e. The van der Waals surface area contributed by atoms with E-state index in [4.69, 9.17) is 0 Å². The van der Waals surface area contributed by atoms with Crippen LogP contribution in [0.2, 0.25) is 0 Å². The molecule has 0 saturated heterocycles. The number of carboxylic acid groups (broad SMARTS) is 2. The molecule has 0 radical (unpaired) electrons. The lowest BCUT2D eigenvalue weighted by atomic mass is 9.91. The SMILES string of the molecule is O=C(O)c1c(C(=O)O)c2ccccc2c2ccccc12. The maximum Gasteiger partial charge on any atom is 0.337 e. The van der Waals surface area contributed by atoms with E-state index in [9.17, 15) is 19.8 Å². The zero-order valence-corrected chi connectivity index (χ0v) is 10.3. The molecule has 3 rings (SSSR count). The Labute approximate surface area is 113 Å². The lowest BCUT2D eigenvalue weighted by molar-refractivity contribution is 0.0655. The van der Waals surface area contributed by atoms with Crippen molar-refractivity contribution in [1.82, 2.24) is 0 Å². The quantitative estimate of drug-likeness (QED) is 0.697. The highest BCUT2D eigenvalue weighted by Gasteiger charge is 2.23. The molecule has 0 fully saturated rings. The molecule has 0 aliphatic carbocycles. The van der Waals surface area contributed by atoms with E-state index in [2.05, 4.69) is 0 Å². The topological polar surface area (TPSA) is 74.6 Å². The van der Waals surface area contributed by atoms with Gasteiger partial charge in [0.05, 0.1) is 11.1 Å². The van der Waals surface area contributed by atoms with E-state index in [1.165, 1.54) is 0 Å². The summed E-state index contributed by atoms with van der Waals surface area (Å²) >= 11 is 0. The Morgan fingerprint density at radius 1 is 0.600 bits per heavy atom. The standard InChI is InChI=1S/C16H10O4/c17-15(18)13-11-7-3-1-5-9(11)10-6-2-4-8-12(10)14(13)16(19)20/h1-8H,(H,17,18)(H,19,20). The van der Waals surface area contributed by atoms with Crippen LogP contribution in [0.1, 0.15) is 20.7 Å². The van der Waals surface area contributed by atoms with Gasteiger partial charge in [0.2, 0.25) is 0 Å². The van der Waals surface area contributed by atoms with Crippen LogP contribution in [0, 0.1) is 0 Å². The number of rotatable bonds is 2. The number of benzene rings is 3. The number of hydrogen-bond donors (Lipinski definition) is 2. The maximum absolute atomic E-state index is 11.5. The molecule has 98 valence electrons. The summed E-state index contributed by atoms with van der Waals surface area (Å²) in [4.78, 5) is 23.0. The molecular formula is C16H10O4. The van der Waals surface area contributed by atoms with Crippen molar-refractivity contribution in [2.45, 2.75) is 0 Å². The summed E-state index contributed by atoms with van der Waals surface area (Å²) in [5.74, 6) is -2.46. The maximum atomic E-state index is 11.5. The van der Waals surface area contributed by atoms with Gasteiger partial charge in [-0.05, 0) is 21.5 Å². The van der Waals surface area contributed by atoms with Crippen LogP contribution in [0.25, 0.3) is 21.5 Å². The summed E-state index contributed by atoms with van der Waals surface area (Å²) < 4.78 is 0. The lowest BCUT2D eigenvalue weighted by Crippen LogP contribution is -2.10. The normalized spacial score (nSPS) is 10.8. The van der Waals surface area contributed by atoms with Crippen LogP contribution in [0.5, 0.6) is 0 Å². The fourth-order valence-corrected chi connectivity index (χ4v) is 2.59. The minimum atomic E-state index is -1.23. The molecule has 0 aromatic heterocycles. The first-order valence-electron chi connectivity index (χ1n) is 6.01. The Morgan fingerprint density at radius 3 is 1.20 bits per heavy atom. The fourth-order valence-electron chi connectivity index (χ4n) is 2.59. The first-order chi connectivity index (χ1) is 9.61. The number of carbonyl (C=O) groups is 2. The van der Waals surface area contributed by atoms with E-state index >= 15 is 0 Å². The summed E-state index contributed by atoms with van der Waals surface area (Å²) in [5, 5.41) is 21.2. The van der Waals surface area contributed by atoms with Gasteiger partial charge in [-0.3, -0.25) is 0 Å². The second-order valence-corrected chi connectivity index (χ2v) is 4.45. The first kappa shape index (κ1) is 12.2. The van der Waals surface area contributed by atoms with Crippen LogP contribution in [0.4, 0.5) is 0 Å². The molecule has 0 heterocycles. The molecule has 0 amide bonds. The molecule has 4 heteroatoms. The molecular weight excluding hydrogens is 256 g/mol. The van der Waals surface area contributed by atoms with Crippen molar-refractivity contribution < 1.29 is 19.8 Å². The number of hydrogen-bond acceptors (Lipinski definition) is 2. The lowest BCUT2D eigenvalue weighted by Gasteiger charge is -2.11. The van der Waals surface area contributed by atoms with Gasteiger partial charge in [0.25, 0.3) is 0 Å². The van der Waals surface area contributed by atoms with E-state index in [0.717, 1.165) is 10.8 Å². The third-order valence-corrected chi connectivity index (χ3v) is 3.36. The second-order valence-electron chi connectivity index (χ2n) is 4.45. The molecule has 0 bridgehead atoms. The van der Waals surface area contributed by atoms with Crippen LogP contribution in [0.3, 0.4) is 0 Å². The average molecular weight is 266 g/mol. The van der Waals surface area contributed by atoms with Crippen molar-refractivity contribution in [3.63, 3.8) is 0 Å². The van der Waals surface area contributed by atoms with E-state index in [1.54, 1.807) is 48.5 Å². The average Bonchev–Trinajstić information content (AvgIpc) is 2.45. The molecule has 0 atom stereocenters. The summed E-state index contributed by atoms with van der Waals surface area (Å²) in [7, 11) is 0. The molecule has 3 aromatic rings. The van der Waals surface area contributed by atoms with Gasteiger partial charge in [0, 0.05) is 0 Å². The summed E-state index contributed by atoms with van der Waals surface area (Å²) in [6, 6.07) is 13.9. The molecule has 0 aliphatic heterocycles. The van der Waals surface area contributed by atoms with Crippen LogP contribution >= 0.6 is 0 Å². The Hall–Kier alpha value is -2.88. The summed E-state index contributed by atoms with van der Waals surface area (Å²) in [5.41, 5.74) is -0.321. The molecule has 3 aromatic carbocycles. The fraction of sp³-hybridized carbons (Fsp3) is 0. The van der Waals surface area contributed by atoms with Gasteiger partial charge in [0.1, 0.15) is 0 Å². The zero-order chi connectivity index (χ0) is 14.3. The summed E-state index contributed by atoms with van der Waals surface area (Å²) in [6.07, 6.45) is 0. The molecule has 0 saturated carbocycles. The highest BCUT2D eigenvalue weighted by molar-refractivity contribution is 6.23. The van der Waals surface area contributed by atoms with Crippen LogP contribution < -0.4 is 0 Å². The van der Waals surface area contributed by atoms with E-state index < -0.39 is 11.9 Å². The molecule has 4 nitrogen and oxygen atoms in total. The highest BCUT2D eigenvalue weighted by Crippen LogP contribution is 2.32. The van der Waals surface area contributed by atoms with Gasteiger partial charge >= 0.3 is 11.9 Å². The first-order valence-corrected chi connectivity index (χ1v) is 6.01. The minimum Gasteiger partial charge on any atom is -0.478 e. The van der Waals surface area contributed by atoms with Crippen LogP contribution in [-0.4, -0.2) is 22.2 Å². The molecule has 0 spiro atoms. The third-order valence-electron chi connectivity index (χ3n) is 3.36. The Morgan fingerprint density at radius 2 is 0.900 bits per heavy atom. The van der Waals surface area contributed by atoms with Gasteiger partial charge in [-0.15, -0.1) is 0 Å². The van der Waals surface area contributed by atoms with Crippen LogP contribution in [-0.2, 0) is 0 Å². The van der Waals surface area contributed by atoms with Gasteiger partial charge in [0.15, 0.2) is 0 Å². The van der Waals surface area contributed by atoms with Crippen molar-refractivity contribution in [2.75, 3.05) is 0 Å². The second kappa shape index (κ2) is 4.35. The molecule has 0 aliphatic rings. The van der Waals surface area contributed by atoms with Gasteiger partial charge in [-0.1, -0.05) is 48.5 Å². The van der Waals surface area contributed by atoms with Gasteiger partial charge in [-0.2, -0.15) is 0 Å². The predicted octanol–water partition coefficient (Wildman–Crippen LogP) is 3.39. The molecule has 2 N–H and O–H groups in total. The largest absolute Gasteiger partial charge is 0.478 e. The zero-order valence-electron chi connectivity index (χ0n) is 10.3. The number of fused-ring (bicyclic) bond motifs is 3.